The van der Waals surface area contributed by atoms with E-state index in [4.69, 9.17) is 0 Å². The number of aromatic nitrogens is 2. The second-order valence-electron chi connectivity index (χ2n) is 5.57. The number of piperidine rings is 1. The van der Waals surface area contributed by atoms with Gasteiger partial charge in [-0.2, -0.15) is 9.40 Å². The number of hydrogen-bond acceptors (Lipinski definition) is 4. The van der Waals surface area contributed by atoms with Crippen LogP contribution in [0.4, 0.5) is 0 Å². The molecule has 1 aliphatic rings. The standard InChI is InChI=1S/C16H19N3O3S/c1-2-18-12-15(11-17-18)23(21,22)19-9-8-14(20)10-16(19)13-6-4-3-5-7-13/h3-7,11-12,16H,2,8-10H2,1H3/t16-/m1/s1. The van der Waals surface area contributed by atoms with Crippen molar-refractivity contribution in [1.29, 1.82) is 0 Å². The second-order valence-corrected chi connectivity index (χ2v) is 7.46. The van der Waals surface area contributed by atoms with Crippen molar-refractivity contribution in [2.45, 2.75) is 37.2 Å². The van der Waals surface area contributed by atoms with Crippen molar-refractivity contribution < 1.29 is 13.2 Å². The summed E-state index contributed by atoms with van der Waals surface area (Å²) in [5.41, 5.74) is 0.840. The SMILES string of the molecule is CCn1cc(S(=O)(=O)N2CCC(=O)C[C@@H]2c2ccccc2)cn1. The highest BCUT2D eigenvalue weighted by Crippen LogP contribution is 2.33. The third kappa shape index (κ3) is 3.07. The maximum atomic E-state index is 13.0. The maximum absolute atomic E-state index is 13.0. The van der Waals surface area contributed by atoms with E-state index in [0.29, 0.717) is 6.54 Å². The Morgan fingerprint density at radius 1 is 1.26 bits per heavy atom. The van der Waals surface area contributed by atoms with Crippen molar-refractivity contribution in [3.63, 3.8) is 0 Å². The van der Waals surface area contributed by atoms with E-state index >= 15 is 0 Å². The van der Waals surface area contributed by atoms with Gasteiger partial charge in [0.25, 0.3) is 0 Å². The Kier molecular flexibility index (Phi) is 4.32. The Morgan fingerprint density at radius 2 is 2.00 bits per heavy atom. The number of sulfonamides is 1. The summed E-state index contributed by atoms with van der Waals surface area (Å²) < 4.78 is 29.0. The summed E-state index contributed by atoms with van der Waals surface area (Å²) in [6.07, 6.45) is 3.38. The molecule has 1 aromatic heterocycles. The van der Waals surface area contributed by atoms with Gasteiger partial charge in [0.15, 0.2) is 0 Å². The summed E-state index contributed by atoms with van der Waals surface area (Å²) in [4.78, 5) is 12.0. The molecular formula is C16H19N3O3S. The largest absolute Gasteiger partial charge is 0.300 e. The van der Waals surface area contributed by atoms with Crippen molar-refractivity contribution >= 4 is 15.8 Å². The predicted octanol–water partition coefficient (Wildman–Crippen LogP) is 2.00. The van der Waals surface area contributed by atoms with Crippen LogP contribution >= 0.6 is 0 Å². The number of benzene rings is 1. The molecular weight excluding hydrogens is 314 g/mol. The first kappa shape index (κ1) is 15.9. The van der Waals surface area contributed by atoms with Gasteiger partial charge < -0.3 is 0 Å². The lowest BCUT2D eigenvalue weighted by atomic mass is 9.97. The van der Waals surface area contributed by atoms with Crippen molar-refractivity contribution in [3.8, 4) is 0 Å². The maximum Gasteiger partial charge on any atom is 0.246 e. The minimum atomic E-state index is -3.67. The van der Waals surface area contributed by atoms with Crippen LogP contribution in [0.15, 0.2) is 47.6 Å². The van der Waals surface area contributed by atoms with Gasteiger partial charge in [0.2, 0.25) is 10.0 Å². The van der Waals surface area contributed by atoms with E-state index in [1.54, 1.807) is 4.68 Å². The third-order valence-electron chi connectivity index (χ3n) is 4.10. The first-order valence-corrected chi connectivity index (χ1v) is 9.07. The second kappa shape index (κ2) is 6.25. The van der Waals surface area contributed by atoms with E-state index in [0.717, 1.165) is 5.56 Å². The summed E-state index contributed by atoms with van der Waals surface area (Å²) in [7, 11) is -3.67. The number of carbonyl (C=O) groups is 1. The molecule has 122 valence electrons. The minimum absolute atomic E-state index is 0.0922. The van der Waals surface area contributed by atoms with Gasteiger partial charge in [-0.05, 0) is 12.5 Å². The Morgan fingerprint density at radius 3 is 2.65 bits per heavy atom. The van der Waals surface area contributed by atoms with Crippen LogP contribution in [-0.4, -0.2) is 34.8 Å². The number of Topliss-reactive ketones (excluding diaryl/α,β-unsaturated/α-hetero) is 1. The number of carbonyl (C=O) groups excluding carboxylic acids is 1. The Labute approximate surface area is 135 Å². The number of rotatable bonds is 4. The summed E-state index contributed by atoms with van der Waals surface area (Å²) >= 11 is 0. The van der Waals surface area contributed by atoms with E-state index in [-0.39, 0.29) is 30.1 Å². The first-order valence-electron chi connectivity index (χ1n) is 7.63. The van der Waals surface area contributed by atoms with Gasteiger partial charge in [0.05, 0.1) is 12.2 Å². The van der Waals surface area contributed by atoms with Gasteiger partial charge in [0, 0.05) is 32.1 Å². The zero-order valence-electron chi connectivity index (χ0n) is 12.9. The Bertz CT molecular complexity index is 799. The summed E-state index contributed by atoms with van der Waals surface area (Å²) in [5, 5.41) is 4.05. The zero-order valence-corrected chi connectivity index (χ0v) is 13.7. The molecule has 2 heterocycles. The molecule has 3 rings (SSSR count). The average Bonchev–Trinajstić information content (AvgIpc) is 3.05. The molecule has 1 atom stereocenters. The molecule has 0 bridgehead atoms. The molecule has 0 radical (unpaired) electrons. The molecule has 0 N–H and O–H groups in total. The molecule has 0 saturated carbocycles. The van der Waals surface area contributed by atoms with Crippen molar-refractivity contribution in [3.05, 3.63) is 48.3 Å². The van der Waals surface area contributed by atoms with Crippen molar-refractivity contribution in [2.75, 3.05) is 6.54 Å². The van der Waals surface area contributed by atoms with Gasteiger partial charge >= 0.3 is 0 Å². The van der Waals surface area contributed by atoms with Crippen LogP contribution in [0, 0.1) is 0 Å². The van der Waals surface area contributed by atoms with Gasteiger partial charge in [0.1, 0.15) is 10.7 Å². The topological polar surface area (TPSA) is 72.3 Å². The van der Waals surface area contributed by atoms with Gasteiger partial charge in [-0.25, -0.2) is 8.42 Å². The Hall–Kier alpha value is -1.99. The highest BCUT2D eigenvalue weighted by atomic mass is 32.2. The monoisotopic (exact) mass is 333 g/mol. The van der Waals surface area contributed by atoms with Gasteiger partial charge in [-0.1, -0.05) is 30.3 Å². The lowest BCUT2D eigenvalue weighted by Gasteiger charge is -2.33. The van der Waals surface area contributed by atoms with Crippen LogP contribution in [-0.2, 0) is 21.4 Å². The lowest BCUT2D eigenvalue weighted by Crippen LogP contribution is -2.41. The fourth-order valence-corrected chi connectivity index (χ4v) is 4.41. The number of nitrogens with zero attached hydrogens (tertiary/aromatic N) is 3. The van der Waals surface area contributed by atoms with E-state index < -0.39 is 16.1 Å². The van der Waals surface area contributed by atoms with E-state index in [9.17, 15) is 13.2 Å². The fourth-order valence-electron chi connectivity index (χ4n) is 2.84. The third-order valence-corrected chi connectivity index (χ3v) is 5.97. The minimum Gasteiger partial charge on any atom is -0.300 e. The molecule has 1 aromatic carbocycles. The lowest BCUT2D eigenvalue weighted by molar-refractivity contribution is -0.121. The fraction of sp³-hybridized carbons (Fsp3) is 0.375. The van der Waals surface area contributed by atoms with E-state index in [1.807, 2.05) is 37.3 Å². The molecule has 1 saturated heterocycles. The van der Waals surface area contributed by atoms with Crippen LogP contribution in [0.5, 0.6) is 0 Å². The molecule has 0 spiro atoms. The molecule has 1 fully saturated rings. The van der Waals surface area contributed by atoms with Crippen LogP contribution in [0.25, 0.3) is 0 Å². The van der Waals surface area contributed by atoms with E-state index in [1.165, 1.54) is 16.7 Å². The highest BCUT2D eigenvalue weighted by Gasteiger charge is 2.37. The summed E-state index contributed by atoms with van der Waals surface area (Å²) in [6, 6.07) is 8.86. The average molecular weight is 333 g/mol. The normalized spacial score (nSPS) is 19.9. The first-order chi connectivity index (χ1) is 11.0. The smallest absolute Gasteiger partial charge is 0.246 e. The van der Waals surface area contributed by atoms with Gasteiger partial charge in [-0.3, -0.25) is 9.48 Å². The summed E-state index contributed by atoms with van der Waals surface area (Å²) in [5.74, 6) is 0.0922. The number of hydrogen-bond donors (Lipinski definition) is 0. The Balaban J connectivity index is 1.99. The van der Waals surface area contributed by atoms with E-state index in [2.05, 4.69) is 5.10 Å². The molecule has 0 amide bonds. The molecule has 6 nitrogen and oxygen atoms in total. The van der Waals surface area contributed by atoms with Crippen molar-refractivity contribution in [1.82, 2.24) is 14.1 Å². The molecule has 0 unspecified atom stereocenters. The molecule has 7 heteroatoms. The zero-order chi connectivity index (χ0) is 16.4. The molecule has 2 aromatic rings. The van der Waals surface area contributed by atoms with Crippen LogP contribution < -0.4 is 0 Å². The summed E-state index contributed by atoms with van der Waals surface area (Å²) in [6.45, 7) is 2.71. The predicted molar refractivity (Wildman–Crippen MR) is 85.2 cm³/mol. The van der Waals surface area contributed by atoms with Gasteiger partial charge in [-0.15, -0.1) is 0 Å². The van der Waals surface area contributed by atoms with Crippen LogP contribution in [0.1, 0.15) is 31.4 Å². The highest BCUT2D eigenvalue weighted by molar-refractivity contribution is 7.89. The van der Waals surface area contributed by atoms with Crippen molar-refractivity contribution in [2.24, 2.45) is 0 Å². The molecule has 1 aliphatic heterocycles. The number of aryl methyl sites for hydroxylation is 1. The molecule has 23 heavy (non-hydrogen) atoms. The quantitative estimate of drug-likeness (QED) is 0.858. The molecule has 0 aliphatic carbocycles. The van der Waals surface area contributed by atoms with Crippen LogP contribution in [0.2, 0.25) is 0 Å². The van der Waals surface area contributed by atoms with Crippen LogP contribution in [0.3, 0.4) is 0 Å². The number of ketones is 1.